The van der Waals surface area contributed by atoms with Gasteiger partial charge in [-0.15, -0.1) is 0 Å². The molecule has 0 atom stereocenters. The minimum Gasteiger partial charge on any atom is -0.345 e. The molecule has 0 aromatic heterocycles. The molecule has 0 spiro atoms. The van der Waals surface area contributed by atoms with Crippen LogP contribution in [0.5, 0.6) is 0 Å². The lowest BCUT2D eigenvalue weighted by molar-refractivity contribution is -0.134. The van der Waals surface area contributed by atoms with E-state index in [9.17, 15) is 9.59 Å². The molecule has 8 nitrogen and oxygen atoms in total. The van der Waals surface area contributed by atoms with E-state index in [2.05, 4.69) is 26.9 Å². The van der Waals surface area contributed by atoms with Gasteiger partial charge in [0.25, 0.3) is 0 Å². The molecule has 0 aromatic rings. The van der Waals surface area contributed by atoms with E-state index in [0.29, 0.717) is 19.6 Å². The predicted molar refractivity (Wildman–Crippen MR) is 119 cm³/mol. The van der Waals surface area contributed by atoms with Gasteiger partial charge in [-0.25, -0.2) is 0 Å². The average molecular weight is 417 g/mol. The first-order chi connectivity index (χ1) is 14.4. The fraction of sp³-hybridized carbons (Fsp3) is 0.682. The monoisotopic (exact) mass is 416 g/mol. The van der Waals surface area contributed by atoms with Gasteiger partial charge in [-0.2, -0.15) is 5.10 Å². The maximum Gasteiger partial charge on any atom is 0.245 e. The molecular formula is C22H36N6O2. The highest BCUT2D eigenvalue weighted by Gasteiger charge is 2.30. The Kier molecular flexibility index (Phi) is 8.04. The van der Waals surface area contributed by atoms with E-state index < -0.39 is 0 Å². The lowest BCUT2D eigenvalue weighted by Crippen LogP contribution is -2.55. The van der Waals surface area contributed by atoms with Gasteiger partial charge in [-0.05, 0) is 18.4 Å². The van der Waals surface area contributed by atoms with E-state index in [1.807, 2.05) is 4.90 Å². The zero-order chi connectivity index (χ0) is 21.5. The number of likely N-dealkylation sites (N-methyl/N-ethyl adjacent to an activating group) is 1. The molecule has 3 rings (SSSR count). The number of hydrogen-bond acceptors (Lipinski definition) is 6. The fourth-order valence-electron chi connectivity index (χ4n) is 4.03. The number of likely N-dealkylation sites (tertiary alicyclic amines) is 1. The Balaban J connectivity index is 1.36. The number of carbonyl (C=O) groups excluding carboxylic acids is 2. The summed E-state index contributed by atoms with van der Waals surface area (Å²) in [5.74, 6) is 0.182. The maximum atomic E-state index is 12.7. The Labute approximate surface area is 180 Å². The molecule has 1 saturated carbocycles. The number of piperidine rings is 1. The number of amides is 2. The molecule has 1 aliphatic carbocycles. The van der Waals surface area contributed by atoms with Crippen LogP contribution >= 0.6 is 0 Å². The molecule has 30 heavy (non-hydrogen) atoms. The summed E-state index contributed by atoms with van der Waals surface area (Å²) in [6.45, 7) is 10.3. The highest BCUT2D eigenvalue weighted by molar-refractivity contribution is 6.00. The van der Waals surface area contributed by atoms with Crippen LogP contribution < -0.4 is 5.43 Å². The minimum atomic E-state index is -0.0451. The molecule has 2 heterocycles. The minimum absolute atomic E-state index is 0.0451. The molecule has 0 radical (unpaired) electrons. The Morgan fingerprint density at radius 3 is 2.53 bits per heavy atom. The van der Waals surface area contributed by atoms with Crippen LogP contribution in [0.3, 0.4) is 0 Å². The summed E-state index contributed by atoms with van der Waals surface area (Å²) in [6.07, 6.45) is 8.07. The lowest BCUT2D eigenvalue weighted by atomic mass is 9.91. The van der Waals surface area contributed by atoms with Gasteiger partial charge < -0.3 is 15.2 Å². The van der Waals surface area contributed by atoms with Crippen LogP contribution in [-0.4, -0.2) is 110 Å². The van der Waals surface area contributed by atoms with E-state index in [4.69, 9.17) is 0 Å². The number of nitrogens with one attached hydrogen (secondary N) is 1. The van der Waals surface area contributed by atoms with Crippen molar-refractivity contribution in [3.05, 3.63) is 24.3 Å². The first-order valence-corrected chi connectivity index (χ1v) is 11.0. The molecule has 166 valence electrons. The Hall–Kier alpha value is -2.19. The highest BCUT2D eigenvalue weighted by Crippen LogP contribution is 2.25. The van der Waals surface area contributed by atoms with E-state index in [0.717, 1.165) is 56.5 Å². The molecule has 0 unspecified atom stereocenters. The van der Waals surface area contributed by atoms with Gasteiger partial charge in [-0.1, -0.05) is 19.1 Å². The van der Waals surface area contributed by atoms with E-state index in [1.54, 1.807) is 20.2 Å². The van der Waals surface area contributed by atoms with Crippen LogP contribution in [0, 0.1) is 0 Å². The van der Waals surface area contributed by atoms with Gasteiger partial charge in [0, 0.05) is 71.9 Å². The molecular weight excluding hydrogens is 380 g/mol. The van der Waals surface area contributed by atoms with Crippen LogP contribution in [0.15, 0.2) is 29.4 Å². The Morgan fingerprint density at radius 1 is 1.20 bits per heavy atom. The number of carbonyl (C=O) groups is 2. The van der Waals surface area contributed by atoms with Crippen molar-refractivity contribution >= 4 is 17.5 Å². The van der Waals surface area contributed by atoms with Crippen LogP contribution in [0.1, 0.15) is 25.7 Å². The molecule has 3 fully saturated rings. The summed E-state index contributed by atoms with van der Waals surface area (Å²) >= 11 is 0. The predicted octanol–water partition coefficient (Wildman–Crippen LogP) is 0.535. The topological polar surface area (TPSA) is 71.5 Å². The van der Waals surface area contributed by atoms with Crippen LogP contribution in [0.4, 0.5) is 0 Å². The van der Waals surface area contributed by atoms with Crippen LogP contribution in [0.2, 0.25) is 0 Å². The average Bonchev–Trinajstić information content (AvgIpc) is 2.68. The van der Waals surface area contributed by atoms with Gasteiger partial charge in [0.1, 0.15) is 0 Å². The molecule has 2 saturated heterocycles. The Bertz CT molecular complexity index is 690. The maximum absolute atomic E-state index is 12.7. The molecule has 0 aromatic carbocycles. The molecule has 2 amide bonds. The summed E-state index contributed by atoms with van der Waals surface area (Å²) in [5, 5.41) is 4.41. The van der Waals surface area contributed by atoms with Gasteiger partial charge in [0.2, 0.25) is 11.8 Å². The quantitative estimate of drug-likeness (QED) is 0.373. The van der Waals surface area contributed by atoms with Gasteiger partial charge in [0.15, 0.2) is 0 Å². The van der Waals surface area contributed by atoms with Crippen LogP contribution in [-0.2, 0) is 9.59 Å². The number of piperazine rings is 1. The summed E-state index contributed by atoms with van der Waals surface area (Å²) in [4.78, 5) is 32.5. The fourth-order valence-corrected chi connectivity index (χ4v) is 4.03. The smallest absolute Gasteiger partial charge is 0.245 e. The molecule has 0 bridgehead atoms. The van der Waals surface area contributed by atoms with Gasteiger partial charge >= 0.3 is 0 Å². The third kappa shape index (κ3) is 6.15. The van der Waals surface area contributed by atoms with Crippen molar-refractivity contribution in [1.82, 2.24) is 25.0 Å². The third-order valence-electron chi connectivity index (χ3n) is 6.23. The normalized spacial score (nSPS) is 23.1. The summed E-state index contributed by atoms with van der Waals surface area (Å²) in [6, 6.07) is 0.767. The number of hydrazone groups is 1. The third-order valence-corrected chi connectivity index (χ3v) is 6.23. The first kappa shape index (κ1) is 22.5. The molecule has 3 aliphatic rings. The second-order valence-electron chi connectivity index (χ2n) is 8.62. The van der Waals surface area contributed by atoms with Gasteiger partial charge in [-0.3, -0.25) is 19.4 Å². The molecule has 2 aliphatic heterocycles. The summed E-state index contributed by atoms with van der Waals surface area (Å²) < 4.78 is 0. The van der Waals surface area contributed by atoms with Crippen molar-refractivity contribution in [2.45, 2.75) is 31.7 Å². The second-order valence-corrected chi connectivity index (χ2v) is 8.62. The summed E-state index contributed by atoms with van der Waals surface area (Å²) in [7, 11) is 3.44. The van der Waals surface area contributed by atoms with E-state index in [-0.39, 0.29) is 11.8 Å². The van der Waals surface area contributed by atoms with Crippen LogP contribution in [0.25, 0.3) is 0 Å². The van der Waals surface area contributed by atoms with E-state index >= 15 is 0 Å². The van der Waals surface area contributed by atoms with Crippen molar-refractivity contribution in [2.75, 3.05) is 66.5 Å². The SMILES string of the molecule is C=C1CN(CC(=O)N2CCN(C3CCC3)CC2)CC/C1=N/NC/C=C\C(=O)N(C)C. The molecule has 1 N–H and O–H groups in total. The van der Waals surface area contributed by atoms with Crippen molar-refractivity contribution < 1.29 is 9.59 Å². The zero-order valence-corrected chi connectivity index (χ0v) is 18.5. The van der Waals surface area contributed by atoms with Crippen molar-refractivity contribution in [1.29, 1.82) is 0 Å². The largest absolute Gasteiger partial charge is 0.345 e. The number of nitrogens with zero attached hydrogens (tertiary/aromatic N) is 5. The second kappa shape index (κ2) is 10.7. The standard InChI is InChI=1S/C22H36N6O2/c1-18-16-26(11-9-20(18)24-23-10-5-8-21(29)25(2)3)17-22(30)28-14-12-27(13-15-28)19-6-4-7-19/h5,8,19,23H,1,4,6-7,9-17H2,2-3H3/b8-5-,24-20-. The van der Waals surface area contributed by atoms with Crippen molar-refractivity contribution in [3.63, 3.8) is 0 Å². The zero-order valence-electron chi connectivity index (χ0n) is 18.5. The van der Waals surface area contributed by atoms with Crippen molar-refractivity contribution in [2.24, 2.45) is 5.10 Å². The van der Waals surface area contributed by atoms with Gasteiger partial charge in [0.05, 0.1) is 18.8 Å². The molecule has 8 heteroatoms. The number of hydrogen-bond donors (Lipinski definition) is 1. The first-order valence-electron chi connectivity index (χ1n) is 11.0. The van der Waals surface area contributed by atoms with E-state index in [1.165, 1.54) is 30.2 Å². The summed E-state index contributed by atoms with van der Waals surface area (Å²) in [5.41, 5.74) is 4.87. The number of rotatable bonds is 7. The Morgan fingerprint density at radius 2 is 1.93 bits per heavy atom. The lowest BCUT2D eigenvalue weighted by Gasteiger charge is -2.43. The highest BCUT2D eigenvalue weighted by atomic mass is 16.2. The van der Waals surface area contributed by atoms with Crippen molar-refractivity contribution in [3.8, 4) is 0 Å².